The number of hydrogen-bond acceptors (Lipinski definition) is 2. The summed E-state index contributed by atoms with van der Waals surface area (Å²) in [5.41, 5.74) is 0.812. The molecule has 0 unspecified atom stereocenters. The van der Waals surface area contributed by atoms with E-state index in [2.05, 4.69) is 32.8 Å². The van der Waals surface area contributed by atoms with Gasteiger partial charge in [-0.05, 0) is 12.8 Å². The summed E-state index contributed by atoms with van der Waals surface area (Å²) in [5.74, 6) is 0.835. The topological polar surface area (TPSA) is 45.8 Å². The third-order valence-electron chi connectivity index (χ3n) is 2.59. The Bertz CT molecular complexity index is 381. The van der Waals surface area contributed by atoms with E-state index in [1.54, 1.807) is 6.20 Å². The normalized spacial score (nSPS) is 18.6. The first-order valence-electron chi connectivity index (χ1n) is 4.30. The minimum Gasteiger partial charge on any atom is -0.310 e. The van der Waals surface area contributed by atoms with Crippen LogP contribution in [0.4, 0.5) is 0 Å². The van der Waals surface area contributed by atoms with Gasteiger partial charge in [-0.3, -0.25) is 4.79 Å². The number of alkyl halides is 1. The lowest BCUT2D eigenvalue weighted by molar-refractivity contribution is 0.699. The predicted octanol–water partition coefficient (Wildman–Crippen LogP) is 1.72. The summed E-state index contributed by atoms with van der Waals surface area (Å²) >= 11 is 3.24. The summed E-state index contributed by atoms with van der Waals surface area (Å²) in [6, 6.07) is 0. The standard InChI is InChI=1S/C9H11BrN2O/c1-9(2-3-9)8-11-5-6(4-10)7(13)12-8/h5H,2-4H2,1H3,(H,11,12,13). The predicted molar refractivity (Wildman–Crippen MR) is 54.1 cm³/mol. The zero-order valence-corrected chi connectivity index (χ0v) is 9.02. The number of nitrogens with zero attached hydrogens (tertiary/aromatic N) is 1. The van der Waals surface area contributed by atoms with Crippen LogP contribution >= 0.6 is 15.9 Å². The van der Waals surface area contributed by atoms with E-state index in [0.29, 0.717) is 10.9 Å². The zero-order chi connectivity index (χ0) is 9.47. The first-order valence-corrected chi connectivity index (χ1v) is 5.42. The Hall–Kier alpha value is -0.640. The van der Waals surface area contributed by atoms with Crippen molar-refractivity contribution in [1.82, 2.24) is 9.97 Å². The highest BCUT2D eigenvalue weighted by Crippen LogP contribution is 2.45. The van der Waals surface area contributed by atoms with Gasteiger partial charge in [-0.1, -0.05) is 22.9 Å². The molecule has 0 radical (unpaired) electrons. The molecule has 0 spiro atoms. The maximum Gasteiger partial charge on any atom is 0.254 e. The number of aromatic amines is 1. The van der Waals surface area contributed by atoms with Crippen molar-refractivity contribution in [3.8, 4) is 0 Å². The van der Waals surface area contributed by atoms with E-state index in [0.717, 1.165) is 18.7 Å². The SMILES string of the molecule is CC1(c2ncc(CBr)c(=O)[nH]2)CC1. The summed E-state index contributed by atoms with van der Waals surface area (Å²) in [6.07, 6.45) is 3.92. The van der Waals surface area contributed by atoms with Crippen LogP contribution < -0.4 is 5.56 Å². The van der Waals surface area contributed by atoms with Crippen molar-refractivity contribution >= 4 is 15.9 Å². The molecule has 0 bridgehead atoms. The van der Waals surface area contributed by atoms with Gasteiger partial charge in [-0.25, -0.2) is 4.98 Å². The number of nitrogens with one attached hydrogen (secondary N) is 1. The minimum absolute atomic E-state index is 0.0185. The molecule has 1 aromatic rings. The molecule has 1 heterocycles. The molecule has 3 nitrogen and oxygen atoms in total. The van der Waals surface area contributed by atoms with Gasteiger partial charge < -0.3 is 4.98 Å². The van der Waals surface area contributed by atoms with E-state index in [4.69, 9.17) is 0 Å². The fourth-order valence-electron chi connectivity index (χ4n) is 1.25. The van der Waals surface area contributed by atoms with Gasteiger partial charge >= 0.3 is 0 Å². The Morgan fingerprint density at radius 2 is 2.38 bits per heavy atom. The van der Waals surface area contributed by atoms with Gasteiger partial charge in [0.05, 0.1) is 0 Å². The van der Waals surface area contributed by atoms with Crippen molar-refractivity contribution in [3.05, 3.63) is 27.9 Å². The van der Waals surface area contributed by atoms with Gasteiger partial charge in [0.25, 0.3) is 5.56 Å². The smallest absolute Gasteiger partial charge is 0.254 e. The molecule has 13 heavy (non-hydrogen) atoms. The second-order valence-electron chi connectivity index (χ2n) is 3.78. The Kier molecular flexibility index (Phi) is 2.02. The van der Waals surface area contributed by atoms with Crippen LogP contribution in [0.1, 0.15) is 31.2 Å². The van der Waals surface area contributed by atoms with E-state index >= 15 is 0 Å². The van der Waals surface area contributed by atoms with E-state index in [1.807, 2.05) is 0 Å². The molecule has 70 valence electrons. The summed E-state index contributed by atoms with van der Waals surface area (Å²) in [5, 5.41) is 0.562. The van der Waals surface area contributed by atoms with Crippen molar-refractivity contribution in [3.63, 3.8) is 0 Å². The number of halogens is 1. The third kappa shape index (κ3) is 1.55. The number of rotatable bonds is 2. The van der Waals surface area contributed by atoms with E-state index in [-0.39, 0.29) is 11.0 Å². The highest BCUT2D eigenvalue weighted by molar-refractivity contribution is 9.08. The molecule has 0 atom stereocenters. The monoisotopic (exact) mass is 242 g/mol. The lowest BCUT2D eigenvalue weighted by Crippen LogP contribution is -2.19. The molecule has 0 aliphatic heterocycles. The lowest BCUT2D eigenvalue weighted by atomic mass is 10.1. The van der Waals surface area contributed by atoms with Crippen LogP contribution in [-0.2, 0) is 10.7 Å². The van der Waals surface area contributed by atoms with Gasteiger partial charge in [-0.2, -0.15) is 0 Å². The van der Waals surface area contributed by atoms with Gasteiger partial charge in [0, 0.05) is 22.5 Å². The van der Waals surface area contributed by atoms with Gasteiger partial charge in [-0.15, -0.1) is 0 Å². The van der Waals surface area contributed by atoms with Crippen LogP contribution in [0.2, 0.25) is 0 Å². The fraction of sp³-hybridized carbons (Fsp3) is 0.556. The molecule has 1 fully saturated rings. The van der Waals surface area contributed by atoms with E-state index in [1.165, 1.54) is 0 Å². The Balaban J connectivity index is 2.42. The summed E-state index contributed by atoms with van der Waals surface area (Å²) < 4.78 is 0. The maximum atomic E-state index is 11.4. The second-order valence-corrected chi connectivity index (χ2v) is 4.34. The van der Waals surface area contributed by atoms with Crippen LogP contribution in [0.3, 0.4) is 0 Å². The Labute approximate surface area is 84.7 Å². The van der Waals surface area contributed by atoms with Crippen LogP contribution in [0.5, 0.6) is 0 Å². The number of H-pyrrole nitrogens is 1. The van der Waals surface area contributed by atoms with Gasteiger partial charge in [0.2, 0.25) is 0 Å². The van der Waals surface area contributed by atoms with Crippen molar-refractivity contribution < 1.29 is 0 Å². The summed E-state index contributed by atoms with van der Waals surface area (Å²) in [7, 11) is 0. The number of aromatic nitrogens is 2. The quantitative estimate of drug-likeness (QED) is 0.804. The maximum absolute atomic E-state index is 11.4. The average Bonchev–Trinajstić information content (AvgIpc) is 2.85. The van der Waals surface area contributed by atoms with E-state index < -0.39 is 0 Å². The lowest BCUT2D eigenvalue weighted by Gasteiger charge is -2.06. The zero-order valence-electron chi connectivity index (χ0n) is 7.43. The molecule has 1 N–H and O–H groups in total. The second kappa shape index (κ2) is 2.94. The fourth-order valence-corrected chi connectivity index (χ4v) is 1.65. The van der Waals surface area contributed by atoms with Crippen molar-refractivity contribution in [2.75, 3.05) is 0 Å². The molecular weight excluding hydrogens is 232 g/mol. The molecular formula is C9H11BrN2O. The molecule has 1 saturated carbocycles. The molecule has 2 rings (SSSR count). The van der Waals surface area contributed by atoms with E-state index in [9.17, 15) is 4.79 Å². The first-order chi connectivity index (χ1) is 6.15. The van der Waals surface area contributed by atoms with Crippen molar-refractivity contribution in [2.24, 2.45) is 0 Å². The number of hydrogen-bond donors (Lipinski definition) is 1. The van der Waals surface area contributed by atoms with Crippen LogP contribution in [0, 0.1) is 0 Å². The highest BCUT2D eigenvalue weighted by atomic mass is 79.9. The van der Waals surface area contributed by atoms with Crippen LogP contribution in [-0.4, -0.2) is 9.97 Å². The molecule has 1 aliphatic carbocycles. The molecule has 1 aromatic heterocycles. The summed E-state index contributed by atoms with van der Waals surface area (Å²) in [6.45, 7) is 2.12. The largest absolute Gasteiger partial charge is 0.310 e. The molecule has 0 saturated heterocycles. The van der Waals surface area contributed by atoms with Crippen LogP contribution in [0.25, 0.3) is 0 Å². The van der Waals surface area contributed by atoms with Gasteiger partial charge in [0.15, 0.2) is 0 Å². The Morgan fingerprint density at radius 1 is 1.69 bits per heavy atom. The summed E-state index contributed by atoms with van der Waals surface area (Å²) in [4.78, 5) is 18.5. The Morgan fingerprint density at radius 3 is 2.85 bits per heavy atom. The molecule has 0 aromatic carbocycles. The molecule has 4 heteroatoms. The third-order valence-corrected chi connectivity index (χ3v) is 3.19. The average molecular weight is 243 g/mol. The molecule has 0 amide bonds. The van der Waals surface area contributed by atoms with Gasteiger partial charge in [0.1, 0.15) is 5.82 Å². The molecule has 1 aliphatic rings. The minimum atomic E-state index is -0.0185. The van der Waals surface area contributed by atoms with Crippen molar-refractivity contribution in [1.29, 1.82) is 0 Å². The van der Waals surface area contributed by atoms with Crippen LogP contribution in [0.15, 0.2) is 11.0 Å². The highest BCUT2D eigenvalue weighted by Gasteiger charge is 2.41. The van der Waals surface area contributed by atoms with Crippen molar-refractivity contribution in [2.45, 2.75) is 30.5 Å². The first kappa shape index (κ1) is 8.94.